The summed E-state index contributed by atoms with van der Waals surface area (Å²) < 4.78 is 62.1. The smallest absolute Gasteiger partial charge is 0.138 e. The number of nitrogens with zero attached hydrogens (tertiary/aromatic N) is 6. The molecular weight excluding hydrogens is 592 g/mol. The van der Waals surface area contributed by atoms with E-state index in [0.717, 1.165) is 24.3 Å². The van der Waals surface area contributed by atoms with Gasteiger partial charge in [-0.05, 0) is 57.6 Å². The van der Waals surface area contributed by atoms with Crippen molar-refractivity contribution >= 4 is 22.3 Å². The Morgan fingerprint density at radius 1 is 0.435 bits per heavy atom. The fraction of sp³-hybridized carbons (Fsp3) is 0. The van der Waals surface area contributed by atoms with E-state index >= 15 is 17.6 Å². The van der Waals surface area contributed by atoms with Gasteiger partial charge in [-0.2, -0.15) is 31.6 Å². The van der Waals surface area contributed by atoms with E-state index < -0.39 is 45.5 Å². The summed E-state index contributed by atoms with van der Waals surface area (Å²) in [5.74, 6) is -4.41. The van der Waals surface area contributed by atoms with Crippen molar-refractivity contribution in [3.8, 4) is 58.7 Å². The van der Waals surface area contributed by atoms with Crippen LogP contribution in [0.3, 0.4) is 0 Å². The van der Waals surface area contributed by atoms with E-state index in [1.54, 1.807) is 12.1 Å². The second kappa shape index (κ2) is 10.8. The van der Waals surface area contributed by atoms with Gasteiger partial charge in [0, 0.05) is 22.3 Å². The molecular formula is C36H10F4N6. The molecule has 4 aromatic carbocycles. The zero-order chi connectivity index (χ0) is 32.9. The average Bonchev–Trinajstić information content (AvgIpc) is 3.55. The van der Waals surface area contributed by atoms with E-state index in [-0.39, 0.29) is 66.8 Å². The first-order valence-corrected chi connectivity index (χ1v) is 13.1. The predicted molar refractivity (Wildman–Crippen MR) is 156 cm³/mol. The molecule has 212 valence electrons. The van der Waals surface area contributed by atoms with E-state index in [1.807, 2.05) is 24.3 Å². The number of halogens is 4. The molecule has 0 amide bonds. The quantitative estimate of drug-likeness (QED) is 0.169. The van der Waals surface area contributed by atoms with Crippen molar-refractivity contribution in [2.24, 2.45) is 0 Å². The van der Waals surface area contributed by atoms with Crippen LogP contribution in [-0.4, -0.2) is 0 Å². The van der Waals surface area contributed by atoms with Crippen LogP contribution in [-0.2, 0) is 0 Å². The molecule has 0 radical (unpaired) electrons. The summed E-state index contributed by atoms with van der Waals surface area (Å²) in [6, 6.07) is 22.4. The lowest BCUT2D eigenvalue weighted by atomic mass is 9.84. The van der Waals surface area contributed by atoms with Crippen molar-refractivity contribution in [1.29, 1.82) is 31.6 Å². The van der Waals surface area contributed by atoms with Crippen LogP contribution in [0.4, 0.5) is 17.6 Å². The fourth-order valence-corrected chi connectivity index (χ4v) is 6.08. The van der Waals surface area contributed by atoms with Gasteiger partial charge >= 0.3 is 0 Å². The van der Waals surface area contributed by atoms with Gasteiger partial charge in [0.25, 0.3) is 0 Å². The van der Waals surface area contributed by atoms with Crippen LogP contribution in [0.1, 0.15) is 33.4 Å². The Balaban J connectivity index is 1.85. The van der Waals surface area contributed by atoms with E-state index in [0.29, 0.717) is 0 Å². The van der Waals surface area contributed by atoms with E-state index in [9.17, 15) is 31.6 Å². The minimum absolute atomic E-state index is 0.0419. The molecule has 0 N–H and O–H groups in total. The first-order chi connectivity index (χ1) is 22.2. The third-order valence-corrected chi connectivity index (χ3v) is 7.75. The van der Waals surface area contributed by atoms with Gasteiger partial charge in [0.1, 0.15) is 58.7 Å². The Kier molecular flexibility index (Phi) is 6.77. The van der Waals surface area contributed by atoms with E-state index in [1.165, 1.54) is 36.4 Å². The zero-order valence-corrected chi connectivity index (χ0v) is 23.0. The maximum absolute atomic E-state index is 15.5. The Bertz CT molecular complexity index is 2230. The number of nitriles is 6. The first-order valence-electron chi connectivity index (χ1n) is 13.1. The van der Waals surface area contributed by atoms with Crippen LogP contribution in [0.15, 0.2) is 71.8 Å². The number of hydrogen-bond acceptors (Lipinski definition) is 6. The normalized spacial score (nSPS) is 12.0. The van der Waals surface area contributed by atoms with Crippen LogP contribution < -0.4 is 0 Å². The van der Waals surface area contributed by atoms with Gasteiger partial charge in [0.05, 0.1) is 34.4 Å². The van der Waals surface area contributed by atoms with Gasteiger partial charge in [0.2, 0.25) is 0 Å². The van der Waals surface area contributed by atoms with Crippen molar-refractivity contribution in [3.05, 3.63) is 128 Å². The summed E-state index contributed by atoms with van der Waals surface area (Å²) in [5, 5.41) is 58.6. The van der Waals surface area contributed by atoms with Crippen LogP contribution in [0.2, 0.25) is 0 Å². The second-order valence-corrected chi connectivity index (χ2v) is 10.0. The summed E-state index contributed by atoms with van der Waals surface area (Å²) >= 11 is 0. The summed E-state index contributed by atoms with van der Waals surface area (Å²) in [5.41, 5.74) is -2.40. The molecule has 0 saturated carbocycles. The van der Waals surface area contributed by atoms with Crippen molar-refractivity contribution in [2.75, 3.05) is 0 Å². The lowest BCUT2D eigenvalue weighted by Gasteiger charge is -2.18. The van der Waals surface area contributed by atoms with Crippen molar-refractivity contribution in [1.82, 2.24) is 0 Å². The summed E-state index contributed by atoms with van der Waals surface area (Å²) in [6.07, 6.45) is 0. The molecule has 0 spiro atoms. The highest BCUT2D eigenvalue weighted by Crippen LogP contribution is 2.62. The molecule has 0 fully saturated rings. The predicted octanol–water partition coefficient (Wildman–Crippen LogP) is 7.86. The summed E-state index contributed by atoms with van der Waals surface area (Å²) in [7, 11) is 0. The largest absolute Gasteiger partial charge is 0.206 e. The molecule has 0 saturated heterocycles. The average molecular weight is 603 g/mol. The molecule has 2 aliphatic rings. The molecule has 0 bridgehead atoms. The SMILES string of the molecule is N#CC(C#N)=C1C2=C(C(=C(C#N)C#N)c3cccc(-c4c(F)cc(C#N)cc4F)c32)c2c1cccc2-c1c(F)cc(C#N)cc1F. The van der Waals surface area contributed by atoms with Gasteiger partial charge in [-0.25, -0.2) is 17.6 Å². The van der Waals surface area contributed by atoms with Crippen LogP contribution in [0, 0.1) is 91.3 Å². The minimum atomic E-state index is -1.10. The molecule has 0 aliphatic heterocycles. The molecule has 6 nitrogen and oxygen atoms in total. The van der Waals surface area contributed by atoms with Crippen LogP contribution in [0.5, 0.6) is 0 Å². The van der Waals surface area contributed by atoms with Crippen molar-refractivity contribution in [2.45, 2.75) is 0 Å². The first kappa shape index (κ1) is 28.9. The molecule has 10 heteroatoms. The molecule has 0 atom stereocenters. The second-order valence-electron chi connectivity index (χ2n) is 10.0. The van der Waals surface area contributed by atoms with Crippen LogP contribution >= 0.6 is 0 Å². The van der Waals surface area contributed by atoms with Gasteiger partial charge in [0.15, 0.2) is 0 Å². The van der Waals surface area contributed by atoms with Crippen LogP contribution in [0.25, 0.3) is 44.5 Å². The number of fused-ring (bicyclic) bond motifs is 4. The topological polar surface area (TPSA) is 143 Å². The van der Waals surface area contributed by atoms with Gasteiger partial charge in [-0.3, -0.25) is 0 Å². The molecule has 0 unspecified atom stereocenters. The molecule has 2 aliphatic carbocycles. The monoisotopic (exact) mass is 602 g/mol. The van der Waals surface area contributed by atoms with E-state index in [4.69, 9.17) is 0 Å². The van der Waals surface area contributed by atoms with Gasteiger partial charge < -0.3 is 0 Å². The fourth-order valence-electron chi connectivity index (χ4n) is 6.08. The molecule has 6 rings (SSSR count). The third-order valence-electron chi connectivity index (χ3n) is 7.75. The Morgan fingerprint density at radius 2 is 0.739 bits per heavy atom. The molecule has 4 aromatic rings. The maximum Gasteiger partial charge on any atom is 0.138 e. The van der Waals surface area contributed by atoms with Crippen molar-refractivity contribution < 1.29 is 17.6 Å². The molecule has 46 heavy (non-hydrogen) atoms. The van der Waals surface area contributed by atoms with Gasteiger partial charge in [-0.1, -0.05) is 36.4 Å². The maximum atomic E-state index is 15.5. The van der Waals surface area contributed by atoms with Crippen molar-refractivity contribution in [3.63, 3.8) is 0 Å². The minimum Gasteiger partial charge on any atom is -0.206 e. The highest BCUT2D eigenvalue weighted by Gasteiger charge is 2.43. The summed E-state index contributed by atoms with van der Waals surface area (Å²) in [4.78, 5) is 0. The lowest BCUT2D eigenvalue weighted by Crippen LogP contribution is -2.01. The number of allylic oxidation sites excluding steroid dienone is 6. The highest BCUT2D eigenvalue weighted by molar-refractivity contribution is 6.39. The zero-order valence-electron chi connectivity index (χ0n) is 23.0. The highest BCUT2D eigenvalue weighted by atomic mass is 19.1. The third kappa shape index (κ3) is 3.97. The lowest BCUT2D eigenvalue weighted by molar-refractivity contribution is 0.588. The van der Waals surface area contributed by atoms with E-state index in [2.05, 4.69) is 0 Å². The number of benzene rings is 4. The Hall–Kier alpha value is -7.24. The van der Waals surface area contributed by atoms with Gasteiger partial charge in [-0.15, -0.1) is 0 Å². The Labute approximate surface area is 258 Å². The standard InChI is InChI=1S/C36H10F4N6/c37-25-7-17(11-41)8-26(38)33(25)23-5-1-3-21-29(19(13-43)14-44)35-32-22(30(20(15-45)16-46)36(35)31(21)23)4-2-6-24(32)34-27(39)9-18(12-42)10-28(34)40/h1-10H. The number of hydrogen-bond donors (Lipinski definition) is 0. The molecule has 0 aromatic heterocycles. The number of rotatable bonds is 2. The summed E-state index contributed by atoms with van der Waals surface area (Å²) in [6.45, 7) is 0. The Morgan fingerprint density at radius 3 is 1.02 bits per heavy atom. The molecule has 0 heterocycles.